The number of nitrogens with zero attached hydrogens (tertiary/aromatic N) is 2. The van der Waals surface area contributed by atoms with Gasteiger partial charge in [0.05, 0.1) is 11.2 Å². The molecule has 0 fully saturated rings. The molecule has 0 saturated heterocycles. The Morgan fingerprint density at radius 3 is 2.35 bits per heavy atom. The number of hydrogen-bond donors (Lipinski definition) is 1. The van der Waals surface area contributed by atoms with Gasteiger partial charge >= 0.3 is 5.97 Å². The second kappa shape index (κ2) is 7.44. The molecule has 0 aliphatic carbocycles. The summed E-state index contributed by atoms with van der Waals surface area (Å²) in [5.74, 6) is -0.530. The summed E-state index contributed by atoms with van der Waals surface area (Å²) in [6.07, 6.45) is 6.78. The SMILES string of the molecule is CC(C=CC=C(C)c1cc(C(C)C)n(C(C)(C)C)n1)=CC(=O)O. The van der Waals surface area contributed by atoms with E-state index in [-0.39, 0.29) is 5.54 Å². The monoisotopic (exact) mass is 316 g/mol. The first-order valence-corrected chi connectivity index (χ1v) is 7.89. The molecule has 1 aromatic heterocycles. The lowest BCUT2D eigenvalue weighted by atomic mass is 10.0. The van der Waals surface area contributed by atoms with Gasteiger partial charge in [0.2, 0.25) is 0 Å². The number of carboxylic acids is 1. The van der Waals surface area contributed by atoms with Crippen molar-refractivity contribution >= 4 is 11.5 Å². The minimum absolute atomic E-state index is 0.0607. The van der Waals surface area contributed by atoms with Gasteiger partial charge in [-0.15, -0.1) is 0 Å². The van der Waals surface area contributed by atoms with Crippen LogP contribution in [0.3, 0.4) is 0 Å². The van der Waals surface area contributed by atoms with Crippen LogP contribution in [0.1, 0.15) is 65.8 Å². The highest BCUT2D eigenvalue weighted by molar-refractivity contribution is 5.81. The van der Waals surface area contributed by atoms with Crippen molar-refractivity contribution in [2.24, 2.45) is 0 Å². The lowest BCUT2D eigenvalue weighted by Crippen LogP contribution is -2.25. The summed E-state index contributed by atoms with van der Waals surface area (Å²) in [4.78, 5) is 10.6. The normalized spacial score (nSPS) is 14.1. The Kier molecular flexibility index (Phi) is 6.13. The number of aromatic nitrogens is 2. The molecule has 0 saturated carbocycles. The zero-order chi connectivity index (χ0) is 17.8. The maximum Gasteiger partial charge on any atom is 0.328 e. The number of allylic oxidation sites excluding steroid dienone is 5. The number of hydrogen-bond acceptors (Lipinski definition) is 2. The van der Waals surface area contributed by atoms with Crippen molar-refractivity contribution in [3.05, 3.63) is 47.3 Å². The molecule has 4 nitrogen and oxygen atoms in total. The number of rotatable bonds is 5. The van der Waals surface area contributed by atoms with E-state index in [2.05, 4.69) is 45.4 Å². The third-order valence-corrected chi connectivity index (χ3v) is 3.42. The van der Waals surface area contributed by atoms with Gasteiger partial charge in [-0.05, 0) is 57.7 Å². The van der Waals surface area contributed by atoms with E-state index in [0.717, 1.165) is 11.3 Å². The molecule has 4 heteroatoms. The first kappa shape index (κ1) is 18.9. The van der Waals surface area contributed by atoms with Crippen LogP contribution in [0.5, 0.6) is 0 Å². The molecule has 1 N–H and O–H groups in total. The summed E-state index contributed by atoms with van der Waals surface area (Å²) in [5, 5.41) is 13.4. The molecule has 23 heavy (non-hydrogen) atoms. The van der Waals surface area contributed by atoms with Crippen LogP contribution in [-0.2, 0) is 10.3 Å². The van der Waals surface area contributed by atoms with E-state index in [1.54, 1.807) is 13.0 Å². The van der Waals surface area contributed by atoms with Crippen molar-refractivity contribution in [1.82, 2.24) is 9.78 Å². The summed E-state index contributed by atoms with van der Waals surface area (Å²) < 4.78 is 2.09. The average Bonchev–Trinajstić information content (AvgIpc) is 2.82. The Morgan fingerprint density at radius 1 is 1.30 bits per heavy atom. The molecule has 0 aliphatic heterocycles. The fraction of sp³-hybridized carbons (Fsp3) is 0.474. The van der Waals surface area contributed by atoms with Crippen LogP contribution >= 0.6 is 0 Å². The number of aliphatic carboxylic acids is 1. The van der Waals surface area contributed by atoms with Crippen LogP contribution in [-0.4, -0.2) is 20.9 Å². The third-order valence-electron chi connectivity index (χ3n) is 3.42. The molecule has 0 aliphatic rings. The van der Waals surface area contributed by atoms with Gasteiger partial charge < -0.3 is 5.11 Å². The van der Waals surface area contributed by atoms with Crippen LogP contribution in [0.25, 0.3) is 5.57 Å². The van der Waals surface area contributed by atoms with E-state index >= 15 is 0 Å². The van der Waals surface area contributed by atoms with Crippen LogP contribution < -0.4 is 0 Å². The summed E-state index contributed by atoms with van der Waals surface area (Å²) in [6, 6.07) is 2.13. The van der Waals surface area contributed by atoms with Gasteiger partial charge in [0.25, 0.3) is 0 Å². The Labute approximate surface area is 139 Å². The highest BCUT2D eigenvalue weighted by Crippen LogP contribution is 2.26. The molecule has 126 valence electrons. The molecule has 1 heterocycles. The van der Waals surface area contributed by atoms with Crippen LogP contribution in [0.15, 0.2) is 35.9 Å². The van der Waals surface area contributed by atoms with Crippen LogP contribution in [0.2, 0.25) is 0 Å². The van der Waals surface area contributed by atoms with Gasteiger partial charge in [-0.1, -0.05) is 32.1 Å². The molecule has 1 rings (SSSR count). The second-order valence-corrected chi connectivity index (χ2v) is 7.13. The van der Waals surface area contributed by atoms with E-state index in [9.17, 15) is 4.79 Å². The summed E-state index contributed by atoms with van der Waals surface area (Å²) in [5.41, 5.74) is 3.85. The standard InChI is InChI=1S/C19H28N2O2/c1-13(2)17-12-16(20-21(17)19(5,6)7)15(4)10-8-9-14(3)11-18(22)23/h8-13H,1-7H3,(H,22,23). The Morgan fingerprint density at radius 2 is 1.91 bits per heavy atom. The molecular formula is C19H28N2O2. The van der Waals surface area contributed by atoms with E-state index in [0.29, 0.717) is 11.5 Å². The van der Waals surface area contributed by atoms with Crippen LogP contribution in [0, 0.1) is 0 Å². The van der Waals surface area contributed by atoms with Crippen molar-refractivity contribution in [2.45, 2.75) is 59.9 Å². The van der Waals surface area contributed by atoms with Gasteiger partial charge in [0.15, 0.2) is 0 Å². The highest BCUT2D eigenvalue weighted by atomic mass is 16.4. The predicted molar refractivity (Wildman–Crippen MR) is 95.5 cm³/mol. The quantitative estimate of drug-likeness (QED) is 0.630. The summed E-state index contributed by atoms with van der Waals surface area (Å²) in [6.45, 7) is 14.6. The van der Waals surface area contributed by atoms with Gasteiger partial charge in [0, 0.05) is 11.8 Å². The molecule has 0 spiro atoms. The molecule has 0 radical (unpaired) electrons. The third kappa shape index (κ3) is 5.55. The molecule has 0 amide bonds. The Hall–Kier alpha value is -2.10. The van der Waals surface area contributed by atoms with Crippen molar-refractivity contribution in [3.63, 3.8) is 0 Å². The summed E-state index contributed by atoms with van der Waals surface area (Å²) >= 11 is 0. The zero-order valence-electron chi connectivity index (χ0n) is 15.2. The van der Waals surface area contributed by atoms with E-state index < -0.39 is 5.97 Å². The molecule has 0 bridgehead atoms. The molecule has 1 aromatic rings. The zero-order valence-corrected chi connectivity index (χ0v) is 15.2. The van der Waals surface area contributed by atoms with Gasteiger partial charge in [-0.2, -0.15) is 5.10 Å². The highest BCUT2D eigenvalue weighted by Gasteiger charge is 2.21. The number of carboxylic acid groups (broad SMARTS) is 1. The van der Waals surface area contributed by atoms with Crippen molar-refractivity contribution < 1.29 is 9.90 Å². The predicted octanol–water partition coefficient (Wildman–Crippen LogP) is 4.75. The number of carbonyl (C=O) groups is 1. The minimum atomic E-state index is -0.932. The largest absolute Gasteiger partial charge is 0.478 e. The van der Waals surface area contributed by atoms with Gasteiger partial charge in [-0.25, -0.2) is 4.79 Å². The maximum atomic E-state index is 10.6. The summed E-state index contributed by atoms with van der Waals surface area (Å²) in [7, 11) is 0. The first-order chi connectivity index (χ1) is 10.5. The first-order valence-electron chi connectivity index (χ1n) is 7.89. The lowest BCUT2D eigenvalue weighted by Gasteiger charge is -2.23. The van der Waals surface area contributed by atoms with E-state index in [1.807, 2.05) is 19.1 Å². The fourth-order valence-corrected chi connectivity index (χ4v) is 2.21. The Balaban J connectivity index is 3.09. The molecular weight excluding hydrogens is 288 g/mol. The topological polar surface area (TPSA) is 55.1 Å². The Bertz CT molecular complexity index is 653. The smallest absolute Gasteiger partial charge is 0.328 e. The molecule has 0 aromatic carbocycles. The average molecular weight is 316 g/mol. The minimum Gasteiger partial charge on any atom is -0.478 e. The van der Waals surface area contributed by atoms with Crippen molar-refractivity contribution in [2.75, 3.05) is 0 Å². The second-order valence-electron chi connectivity index (χ2n) is 7.13. The van der Waals surface area contributed by atoms with Gasteiger partial charge in [0.1, 0.15) is 0 Å². The maximum absolute atomic E-state index is 10.6. The van der Waals surface area contributed by atoms with Crippen molar-refractivity contribution in [1.29, 1.82) is 0 Å². The van der Waals surface area contributed by atoms with Crippen LogP contribution in [0.4, 0.5) is 0 Å². The fourth-order valence-electron chi connectivity index (χ4n) is 2.21. The van der Waals surface area contributed by atoms with E-state index in [1.165, 1.54) is 11.8 Å². The lowest BCUT2D eigenvalue weighted by molar-refractivity contribution is -0.131. The van der Waals surface area contributed by atoms with Crippen molar-refractivity contribution in [3.8, 4) is 0 Å². The molecule has 0 atom stereocenters. The molecule has 0 unspecified atom stereocenters. The van der Waals surface area contributed by atoms with Gasteiger partial charge in [-0.3, -0.25) is 4.68 Å². The van der Waals surface area contributed by atoms with E-state index in [4.69, 9.17) is 10.2 Å².